The molecule has 6 heteroatoms. The zero-order chi connectivity index (χ0) is 15.7. The van der Waals surface area contributed by atoms with Crippen LogP contribution in [0, 0.1) is 19.8 Å². The molecule has 0 aliphatic heterocycles. The molecule has 116 valence electrons. The number of carbonyl (C=O) groups is 1. The Kier molecular flexibility index (Phi) is 4.22. The van der Waals surface area contributed by atoms with Crippen molar-refractivity contribution in [2.24, 2.45) is 5.92 Å². The monoisotopic (exact) mass is 317 g/mol. The second-order valence-corrected chi connectivity index (χ2v) is 6.77. The molecule has 0 unspecified atom stereocenters. The molecule has 3 rings (SSSR count). The highest BCUT2D eigenvalue weighted by Gasteiger charge is 2.36. The van der Waals surface area contributed by atoms with Gasteiger partial charge in [0.15, 0.2) is 0 Å². The van der Waals surface area contributed by atoms with E-state index in [1.165, 1.54) is 0 Å². The van der Waals surface area contributed by atoms with Crippen LogP contribution in [0.2, 0.25) is 0 Å². The van der Waals surface area contributed by atoms with Crippen LogP contribution in [0.25, 0.3) is 0 Å². The summed E-state index contributed by atoms with van der Waals surface area (Å²) in [6.07, 6.45) is 1.21. The molecule has 2 N–H and O–H groups in total. The highest BCUT2D eigenvalue weighted by atomic mass is 32.1. The summed E-state index contributed by atoms with van der Waals surface area (Å²) in [6.45, 7) is 3.63. The quantitative estimate of drug-likeness (QED) is 0.908. The van der Waals surface area contributed by atoms with E-state index in [2.05, 4.69) is 15.3 Å². The smallest absolute Gasteiger partial charge is 0.270 e. The average molecular weight is 317 g/mol. The van der Waals surface area contributed by atoms with Crippen LogP contribution in [0.5, 0.6) is 0 Å². The molecule has 0 radical (unpaired) electrons. The first kappa shape index (κ1) is 15.1. The topological polar surface area (TPSA) is 75.1 Å². The minimum atomic E-state index is -0.243. The van der Waals surface area contributed by atoms with Crippen LogP contribution in [0.4, 0.5) is 0 Å². The summed E-state index contributed by atoms with van der Waals surface area (Å²) in [4.78, 5) is 22.1. The molecule has 0 spiro atoms. The van der Waals surface area contributed by atoms with Crippen molar-refractivity contribution < 1.29 is 9.90 Å². The van der Waals surface area contributed by atoms with Gasteiger partial charge >= 0.3 is 0 Å². The minimum absolute atomic E-state index is 0.0634. The molecule has 2 aromatic heterocycles. The number of thiophene rings is 1. The number of aliphatic hydroxyl groups is 1. The van der Waals surface area contributed by atoms with Gasteiger partial charge in [0, 0.05) is 10.6 Å². The molecule has 0 bridgehead atoms. The van der Waals surface area contributed by atoms with Crippen molar-refractivity contribution in [1.82, 2.24) is 15.3 Å². The molecule has 1 aliphatic rings. The lowest BCUT2D eigenvalue weighted by Gasteiger charge is -2.37. The van der Waals surface area contributed by atoms with E-state index in [1.54, 1.807) is 24.3 Å². The van der Waals surface area contributed by atoms with Gasteiger partial charge in [-0.3, -0.25) is 4.79 Å². The summed E-state index contributed by atoms with van der Waals surface area (Å²) in [5, 5.41) is 14.6. The number of aromatic nitrogens is 2. The summed E-state index contributed by atoms with van der Waals surface area (Å²) in [6, 6.07) is 5.64. The van der Waals surface area contributed by atoms with E-state index in [0.717, 1.165) is 23.4 Å². The number of hydrogen-bond donors (Lipinski definition) is 2. The van der Waals surface area contributed by atoms with Crippen LogP contribution in [0.1, 0.15) is 45.8 Å². The van der Waals surface area contributed by atoms with Crippen molar-refractivity contribution in [2.75, 3.05) is 0 Å². The number of aliphatic hydroxyl groups excluding tert-OH is 1. The first-order valence-electron chi connectivity index (χ1n) is 7.37. The standard InChI is InChI=1S/C16H19N3O2S/c1-9-6-13(18-10(2)17-9)16(21)19-15(11-7-12(20)8-11)14-4-3-5-22-14/h3-6,11-12,15,20H,7-8H2,1-2H3,(H,19,21)/t11?,12?,15-/m0/s1. The summed E-state index contributed by atoms with van der Waals surface area (Å²) >= 11 is 1.62. The molecule has 1 aliphatic carbocycles. The fourth-order valence-corrected chi connectivity index (χ4v) is 3.71. The van der Waals surface area contributed by atoms with E-state index in [-0.39, 0.29) is 24.0 Å². The molecule has 1 saturated carbocycles. The Morgan fingerprint density at radius 1 is 1.41 bits per heavy atom. The number of aryl methyl sites for hydroxylation is 2. The van der Waals surface area contributed by atoms with Crippen molar-refractivity contribution >= 4 is 17.2 Å². The average Bonchev–Trinajstić information content (AvgIpc) is 2.94. The number of hydrogen-bond acceptors (Lipinski definition) is 5. The van der Waals surface area contributed by atoms with Crippen molar-refractivity contribution in [3.8, 4) is 0 Å². The van der Waals surface area contributed by atoms with Crippen LogP contribution in [-0.2, 0) is 0 Å². The lowest BCUT2D eigenvalue weighted by Crippen LogP contribution is -2.41. The van der Waals surface area contributed by atoms with Gasteiger partial charge in [0.2, 0.25) is 0 Å². The normalized spacial score (nSPS) is 22.0. The number of nitrogens with one attached hydrogen (secondary N) is 1. The van der Waals surface area contributed by atoms with Crippen molar-refractivity contribution in [3.63, 3.8) is 0 Å². The van der Waals surface area contributed by atoms with Gasteiger partial charge in [-0.2, -0.15) is 0 Å². The number of carbonyl (C=O) groups excluding carboxylic acids is 1. The number of nitrogens with zero attached hydrogens (tertiary/aromatic N) is 2. The minimum Gasteiger partial charge on any atom is -0.393 e. The van der Waals surface area contributed by atoms with E-state index in [4.69, 9.17) is 0 Å². The molecule has 5 nitrogen and oxygen atoms in total. The molecule has 2 aromatic rings. The Labute approximate surface area is 133 Å². The molecular formula is C16H19N3O2S. The summed E-state index contributed by atoms with van der Waals surface area (Å²) in [7, 11) is 0. The Hall–Kier alpha value is -1.79. The number of rotatable bonds is 4. The summed E-state index contributed by atoms with van der Waals surface area (Å²) < 4.78 is 0. The third-order valence-electron chi connectivity index (χ3n) is 3.96. The van der Waals surface area contributed by atoms with E-state index in [0.29, 0.717) is 11.5 Å². The van der Waals surface area contributed by atoms with Gasteiger partial charge in [-0.25, -0.2) is 9.97 Å². The summed E-state index contributed by atoms with van der Waals surface area (Å²) in [5.41, 5.74) is 1.18. The van der Waals surface area contributed by atoms with Gasteiger partial charge in [0.05, 0.1) is 12.1 Å². The first-order chi connectivity index (χ1) is 10.5. The maximum Gasteiger partial charge on any atom is 0.270 e. The van der Waals surface area contributed by atoms with Gasteiger partial charge in [0.25, 0.3) is 5.91 Å². The van der Waals surface area contributed by atoms with Crippen LogP contribution < -0.4 is 5.32 Å². The zero-order valence-corrected chi connectivity index (χ0v) is 13.4. The maximum atomic E-state index is 12.5. The predicted molar refractivity (Wildman–Crippen MR) is 84.8 cm³/mol. The zero-order valence-electron chi connectivity index (χ0n) is 12.6. The third kappa shape index (κ3) is 3.18. The molecule has 1 amide bonds. The Morgan fingerprint density at radius 2 is 2.18 bits per heavy atom. The first-order valence-corrected chi connectivity index (χ1v) is 8.25. The number of amides is 1. The molecule has 1 fully saturated rings. The lowest BCUT2D eigenvalue weighted by atomic mass is 9.76. The molecule has 2 heterocycles. The van der Waals surface area contributed by atoms with Crippen molar-refractivity contribution in [1.29, 1.82) is 0 Å². The van der Waals surface area contributed by atoms with E-state index >= 15 is 0 Å². The van der Waals surface area contributed by atoms with Gasteiger partial charge in [-0.05, 0) is 50.1 Å². The van der Waals surface area contributed by atoms with E-state index in [1.807, 2.05) is 24.4 Å². The summed E-state index contributed by atoms with van der Waals surface area (Å²) in [5.74, 6) is 0.687. The Bertz CT molecular complexity index is 646. The fourth-order valence-electron chi connectivity index (χ4n) is 2.84. The molecule has 0 saturated heterocycles. The molecule has 22 heavy (non-hydrogen) atoms. The second kappa shape index (κ2) is 6.14. The van der Waals surface area contributed by atoms with Gasteiger partial charge in [0.1, 0.15) is 11.5 Å². The van der Waals surface area contributed by atoms with Crippen molar-refractivity contribution in [2.45, 2.75) is 38.8 Å². The SMILES string of the molecule is Cc1cc(C(=O)N[C@H](c2cccs2)C2CC(O)C2)nc(C)n1. The molecular weight excluding hydrogens is 298 g/mol. The van der Waals surface area contributed by atoms with E-state index in [9.17, 15) is 9.90 Å². The second-order valence-electron chi connectivity index (χ2n) is 5.79. The fraction of sp³-hybridized carbons (Fsp3) is 0.438. The maximum absolute atomic E-state index is 12.5. The van der Waals surface area contributed by atoms with Crippen LogP contribution in [-0.4, -0.2) is 27.1 Å². The molecule has 0 aromatic carbocycles. The van der Waals surface area contributed by atoms with Crippen molar-refractivity contribution in [3.05, 3.63) is 45.7 Å². The van der Waals surface area contributed by atoms with Crippen LogP contribution in [0.15, 0.2) is 23.6 Å². The van der Waals surface area contributed by atoms with E-state index < -0.39 is 0 Å². The Morgan fingerprint density at radius 3 is 2.77 bits per heavy atom. The largest absolute Gasteiger partial charge is 0.393 e. The highest BCUT2D eigenvalue weighted by molar-refractivity contribution is 7.10. The Balaban J connectivity index is 1.79. The highest BCUT2D eigenvalue weighted by Crippen LogP contribution is 2.39. The van der Waals surface area contributed by atoms with Gasteiger partial charge in [-0.15, -0.1) is 11.3 Å². The van der Waals surface area contributed by atoms with Gasteiger partial charge < -0.3 is 10.4 Å². The third-order valence-corrected chi connectivity index (χ3v) is 4.91. The predicted octanol–water partition coefficient (Wildman–Crippen LogP) is 2.40. The molecule has 1 atom stereocenters. The van der Waals surface area contributed by atoms with Crippen LogP contribution >= 0.6 is 11.3 Å². The van der Waals surface area contributed by atoms with Gasteiger partial charge in [-0.1, -0.05) is 6.07 Å². The lowest BCUT2D eigenvalue weighted by molar-refractivity contribution is 0.0240. The van der Waals surface area contributed by atoms with Crippen LogP contribution in [0.3, 0.4) is 0 Å².